The third kappa shape index (κ3) is 5.42. The standard InChI is InChI=1S/C31H29ClN2O5S/c1-6-37-30(36)27-19(5)33-31-34(28(27)20-8-11-22(12-9-20)38-17(2)3)29(35)26(40-31)16-23-13-14-25(39-23)24-15-21(32)10-7-18(24)4/h7-17,28H,6H2,1-5H3/b26-16-/t28-/m0/s1. The molecule has 0 fully saturated rings. The minimum atomic E-state index is -0.702. The van der Waals surface area contributed by atoms with Crippen molar-refractivity contribution in [3.8, 4) is 17.1 Å². The number of hydrogen-bond acceptors (Lipinski definition) is 7. The van der Waals surface area contributed by atoms with E-state index in [9.17, 15) is 9.59 Å². The van der Waals surface area contributed by atoms with Crippen molar-refractivity contribution in [2.45, 2.75) is 46.8 Å². The average molecular weight is 577 g/mol. The number of aromatic nitrogens is 1. The lowest BCUT2D eigenvalue weighted by Crippen LogP contribution is -2.39. The summed E-state index contributed by atoms with van der Waals surface area (Å²) in [5.41, 5.74) is 3.22. The van der Waals surface area contributed by atoms with Gasteiger partial charge in [0.2, 0.25) is 0 Å². The molecule has 2 aromatic heterocycles. The zero-order valence-corrected chi connectivity index (χ0v) is 24.4. The molecule has 1 aliphatic rings. The molecule has 1 atom stereocenters. The molecule has 9 heteroatoms. The van der Waals surface area contributed by atoms with Crippen molar-refractivity contribution in [3.05, 3.63) is 107 Å². The van der Waals surface area contributed by atoms with Gasteiger partial charge in [-0.05, 0) is 82.1 Å². The number of carbonyl (C=O) groups excluding carboxylic acids is 1. The van der Waals surface area contributed by atoms with Crippen LogP contribution >= 0.6 is 22.9 Å². The number of allylic oxidation sites excluding steroid dienone is 1. The van der Waals surface area contributed by atoms with Crippen molar-refractivity contribution in [3.63, 3.8) is 0 Å². The molecule has 0 aliphatic carbocycles. The van der Waals surface area contributed by atoms with Crippen LogP contribution in [0.4, 0.5) is 0 Å². The Hall–Kier alpha value is -3.88. The number of halogens is 1. The van der Waals surface area contributed by atoms with E-state index in [-0.39, 0.29) is 18.3 Å². The molecule has 40 heavy (non-hydrogen) atoms. The van der Waals surface area contributed by atoms with Gasteiger partial charge in [-0.1, -0.05) is 41.1 Å². The predicted molar refractivity (Wildman–Crippen MR) is 156 cm³/mol. The highest BCUT2D eigenvalue weighted by Gasteiger charge is 2.33. The molecule has 0 bridgehead atoms. The van der Waals surface area contributed by atoms with E-state index >= 15 is 0 Å². The van der Waals surface area contributed by atoms with Crippen LogP contribution in [0.15, 0.2) is 80.1 Å². The van der Waals surface area contributed by atoms with Gasteiger partial charge >= 0.3 is 5.97 Å². The first-order valence-corrected chi connectivity index (χ1v) is 14.2. The average Bonchev–Trinajstić information content (AvgIpc) is 3.49. The second-order valence-corrected chi connectivity index (χ2v) is 11.1. The number of fused-ring (bicyclic) bond motifs is 1. The molecule has 0 unspecified atom stereocenters. The number of hydrogen-bond donors (Lipinski definition) is 0. The largest absolute Gasteiger partial charge is 0.491 e. The van der Waals surface area contributed by atoms with Gasteiger partial charge in [-0.15, -0.1) is 0 Å². The maximum absolute atomic E-state index is 13.8. The summed E-state index contributed by atoms with van der Waals surface area (Å²) < 4.78 is 19.2. The van der Waals surface area contributed by atoms with E-state index < -0.39 is 12.0 Å². The molecule has 7 nitrogen and oxygen atoms in total. The molecular weight excluding hydrogens is 548 g/mol. The first kappa shape index (κ1) is 27.7. The zero-order chi connectivity index (χ0) is 28.6. The number of benzene rings is 2. The second kappa shape index (κ2) is 11.3. The molecule has 5 rings (SSSR count). The van der Waals surface area contributed by atoms with E-state index in [0.29, 0.717) is 42.9 Å². The van der Waals surface area contributed by atoms with Crippen LogP contribution in [0.2, 0.25) is 5.02 Å². The maximum atomic E-state index is 13.8. The molecule has 0 radical (unpaired) electrons. The molecule has 3 heterocycles. The smallest absolute Gasteiger partial charge is 0.338 e. The molecule has 4 aromatic rings. The minimum Gasteiger partial charge on any atom is -0.491 e. The predicted octanol–water partition coefficient (Wildman–Crippen LogP) is 5.81. The third-order valence-corrected chi connectivity index (χ3v) is 7.67. The summed E-state index contributed by atoms with van der Waals surface area (Å²) in [5, 5.41) is 0.614. The highest BCUT2D eigenvalue weighted by molar-refractivity contribution is 7.07. The highest BCUT2D eigenvalue weighted by atomic mass is 35.5. The van der Waals surface area contributed by atoms with Crippen LogP contribution in [0.25, 0.3) is 17.4 Å². The zero-order valence-electron chi connectivity index (χ0n) is 22.9. The lowest BCUT2D eigenvalue weighted by molar-refractivity contribution is -0.139. The van der Waals surface area contributed by atoms with E-state index in [1.54, 1.807) is 24.5 Å². The van der Waals surface area contributed by atoms with Gasteiger partial charge in [0.05, 0.1) is 34.6 Å². The number of aryl methyl sites for hydroxylation is 1. The Balaban J connectivity index is 1.61. The van der Waals surface area contributed by atoms with E-state index in [0.717, 1.165) is 16.7 Å². The van der Waals surface area contributed by atoms with Gasteiger partial charge in [-0.2, -0.15) is 0 Å². The van der Waals surface area contributed by atoms with Crippen LogP contribution in [0.5, 0.6) is 5.75 Å². The minimum absolute atomic E-state index is 0.0191. The number of esters is 1. The van der Waals surface area contributed by atoms with Crippen LogP contribution in [0.1, 0.15) is 50.6 Å². The van der Waals surface area contributed by atoms with Gasteiger partial charge in [0.25, 0.3) is 5.56 Å². The van der Waals surface area contributed by atoms with Crippen LogP contribution in [0.3, 0.4) is 0 Å². The van der Waals surface area contributed by atoms with Crippen molar-refractivity contribution >= 4 is 35.0 Å². The van der Waals surface area contributed by atoms with Gasteiger partial charge in [0.15, 0.2) is 4.80 Å². The SMILES string of the molecule is CCOC(=O)C1=C(C)N=c2s/c(=C\c3ccc(-c4cc(Cl)ccc4C)o3)c(=O)n2[C@H]1c1ccc(OC(C)C)cc1. The van der Waals surface area contributed by atoms with E-state index in [1.807, 2.05) is 75.4 Å². The molecule has 0 spiro atoms. The van der Waals surface area contributed by atoms with Gasteiger partial charge < -0.3 is 13.9 Å². The molecule has 2 aromatic carbocycles. The van der Waals surface area contributed by atoms with Gasteiger partial charge in [-0.3, -0.25) is 9.36 Å². The van der Waals surface area contributed by atoms with Crippen LogP contribution in [-0.2, 0) is 9.53 Å². The van der Waals surface area contributed by atoms with Crippen molar-refractivity contribution in [2.24, 2.45) is 4.99 Å². The number of carbonyl (C=O) groups is 1. The van der Waals surface area contributed by atoms with E-state index in [1.165, 1.54) is 11.3 Å². The maximum Gasteiger partial charge on any atom is 0.338 e. The molecule has 0 saturated carbocycles. The fourth-order valence-corrected chi connectivity index (χ4v) is 5.87. The fourth-order valence-electron chi connectivity index (χ4n) is 4.67. The lowest BCUT2D eigenvalue weighted by Gasteiger charge is -2.25. The number of rotatable bonds is 7. The summed E-state index contributed by atoms with van der Waals surface area (Å²) in [4.78, 5) is 32.1. The molecule has 0 saturated heterocycles. The Morgan fingerprint density at radius 1 is 1.15 bits per heavy atom. The highest BCUT2D eigenvalue weighted by Crippen LogP contribution is 2.32. The van der Waals surface area contributed by atoms with Gasteiger partial charge in [-0.25, -0.2) is 9.79 Å². The number of thiazole rings is 1. The van der Waals surface area contributed by atoms with Gasteiger partial charge in [0, 0.05) is 16.7 Å². The Morgan fingerprint density at radius 3 is 2.60 bits per heavy atom. The number of ether oxygens (including phenoxy) is 2. The van der Waals surface area contributed by atoms with Crippen LogP contribution in [0, 0.1) is 6.92 Å². The molecule has 1 aliphatic heterocycles. The van der Waals surface area contributed by atoms with Crippen LogP contribution < -0.4 is 19.6 Å². The van der Waals surface area contributed by atoms with E-state index in [4.69, 9.17) is 25.5 Å². The van der Waals surface area contributed by atoms with Crippen molar-refractivity contribution < 1.29 is 18.7 Å². The molecule has 206 valence electrons. The number of nitrogens with zero attached hydrogens (tertiary/aromatic N) is 2. The first-order chi connectivity index (χ1) is 19.2. The monoisotopic (exact) mass is 576 g/mol. The lowest BCUT2D eigenvalue weighted by atomic mass is 9.96. The normalized spacial score (nSPS) is 15.3. The Bertz CT molecular complexity index is 1790. The summed E-state index contributed by atoms with van der Waals surface area (Å²) in [6.45, 7) is 9.61. The topological polar surface area (TPSA) is 83.0 Å². The summed E-state index contributed by atoms with van der Waals surface area (Å²) in [6, 6.07) is 16.0. The second-order valence-electron chi connectivity index (χ2n) is 9.70. The third-order valence-electron chi connectivity index (χ3n) is 6.45. The van der Waals surface area contributed by atoms with Crippen molar-refractivity contribution in [2.75, 3.05) is 6.61 Å². The van der Waals surface area contributed by atoms with Gasteiger partial charge in [0.1, 0.15) is 17.3 Å². The summed E-state index contributed by atoms with van der Waals surface area (Å²) in [6.07, 6.45) is 1.72. The van der Waals surface area contributed by atoms with E-state index in [2.05, 4.69) is 4.99 Å². The van der Waals surface area contributed by atoms with Crippen LogP contribution in [-0.4, -0.2) is 23.2 Å². The van der Waals surface area contributed by atoms with Crippen molar-refractivity contribution in [1.29, 1.82) is 0 Å². The molecule has 0 N–H and O–H groups in total. The fraction of sp³-hybridized carbons (Fsp3) is 0.258. The molecular formula is C31H29ClN2O5S. The quantitative estimate of drug-likeness (QED) is 0.259. The summed E-state index contributed by atoms with van der Waals surface area (Å²) >= 11 is 7.44. The summed E-state index contributed by atoms with van der Waals surface area (Å²) in [5.74, 6) is 1.37. The molecule has 0 amide bonds. The Labute approximate surface area is 240 Å². The Morgan fingerprint density at radius 2 is 1.90 bits per heavy atom. The number of furan rings is 1. The van der Waals surface area contributed by atoms with Crippen molar-refractivity contribution in [1.82, 2.24) is 4.57 Å². The Kier molecular flexibility index (Phi) is 7.83. The summed E-state index contributed by atoms with van der Waals surface area (Å²) in [7, 11) is 0. The first-order valence-electron chi connectivity index (χ1n) is 13.0.